The summed E-state index contributed by atoms with van der Waals surface area (Å²) in [6, 6.07) is 0.928. The number of hydrogen-bond donors (Lipinski definition) is 0. The summed E-state index contributed by atoms with van der Waals surface area (Å²) in [7, 11) is -5.71. The van der Waals surface area contributed by atoms with Gasteiger partial charge in [-0.3, -0.25) is 20.5 Å². The van der Waals surface area contributed by atoms with E-state index in [4.69, 9.17) is 13.3 Å². The zero-order valence-corrected chi connectivity index (χ0v) is 23.0. The first-order chi connectivity index (χ1) is 11.5. The normalized spacial score (nSPS) is 12.3. The van der Waals surface area contributed by atoms with Crippen molar-refractivity contribution in [3.63, 3.8) is 0 Å². The Morgan fingerprint density at radius 3 is 1.79 bits per heavy atom. The van der Waals surface area contributed by atoms with Crippen LogP contribution in [0.2, 0.25) is 25.2 Å². The molecule has 6 nitrogen and oxygen atoms in total. The molecule has 168 valence electrons. The van der Waals surface area contributed by atoms with Crippen LogP contribution < -0.4 is 0 Å². The van der Waals surface area contributed by atoms with E-state index >= 15 is 0 Å². The van der Waals surface area contributed by atoms with E-state index in [0.717, 1.165) is 16.8 Å². The first kappa shape index (κ1) is 35.2. The van der Waals surface area contributed by atoms with Gasteiger partial charge in [-0.15, -0.1) is 13.0 Å². The second-order valence-electron chi connectivity index (χ2n) is 6.50. The Bertz CT molecular complexity index is 600. The molecular formula is C20H34O6PtSi2. The Morgan fingerprint density at radius 2 is 1.45 bits per heavy atom. The van der Waals surface area contributed by atoms with Gasteiger partial charge in [-0.25, -0.2) is 5.20 Å². The summed E-state index contributed by atoms with van der Waals surface area (Å²) in [6.07, 6.45) is 7.81. The fraction of sp³-hybridized carbons (Fsp3) is 0.400. The Morgan fingerprint density at radius 1 is 1.03 bits per heavy atom. The van der Waals surface area contributed by atoms with Gasteiger partial charge in [0.1, 0.15) is 0 Å². The van der Waals surface area contributed by atoms with Crippen LogP contribution in [0.25, 0.3) is 0 Å². The van der Waals surface area contributed by atoms with Gasteiger partial charge in [-0.05, 0) is 6.04 Å². The monoisotopic (exact) mass is 621 g/mol. The Kier molecular flexibility index (Phi) is 17.8. The van der Waals surface area contributed by atoms with Gasteiger partial charge in [0.05, 0.1) is 0 Å². The second-order valence-corrected chi connectivity index (χ2v) is 13.5. The average Bonchev–Trinajstić information content (AvgIpc) is 2.84. The molecule has 0 saturated heterocycles. The van der Waals surface area contributed by atoms with Gasteiger partial charge in [0.2, 0.25) is 0 Å². The third kappa shape index (κ3) is 10.9. The van der Waals surface area contributed by atoms with Gasteiger partial charge in [0.15, 0.2) is 0 Å². The molecule has 1 aliphatic rings. The van der Waals surface area contributed by atoms with E-state index in [1.807, 2.05) is 12.2 Å². The summed E-state index contributed by atoms with van der Waals surface area (Å²) in [6.45, 7) is 11.8. The summed E-state index contributed by atoms with van der Waals surface area (Å²) in [5.41, 5.74) is 0.869. The summed E-state index contributed by atoms with van der Waals surface area (Å²) in [5, 5.41) is 1.07. The van der Waals surface area contributed by atoms with Crippen LogP contribution >= 0.6 is 0 Å². The quantitative estimate of drug-likeness (QED) is 0.226. The predicted octanol–water partition coefficient (Wildman–Crippen LogP) is 4.46. The molecule has 0 N–H and O–H groups in total. The SMILES string of the molecule is C=CC[Si](C)(C)C1=[C-]CC=C1C[Si](OC(C)=O)(OC(C)=O)OC(C)=O.[CH3-].[CH3-].[CH3-].[Pt+4]. The molecule has 1 aliphatic carbocycles. The molecule has 0 amide bonds. The van der Waals surface area contributed by atoms with E-state index in [1.165, 1.54) is 20.8 Å². The van der Waals surface area contributed by atoms with Crippen LogP contribution in [0.5, 0.6) is 0 Å². The molecule has 0 radical (unpaired) electrons. The van der Waals surface area contributed by atoms with E-state index in [2.05, 4.69) is 25.7 Å². The third-order valence-corrected chi connectivity index (χ3v) is 9.35. The predicted molar refractivity (Wildman–Crippen MR) is 117 cm³/mol. The number of carbonyl (C=O) groups is 3. The molecule has 0 saturated carbocycles. The molecule has 0 unspecified atom stereocenters. The minimum atomic E-state index is -3.87. The zero-order valence-electron chi connectivity index (χ0n) is 18.7. The van der Waals surface area contributed by atoms with Gasteiger partial charge >= 0.3 is 29.9 Å². The van der Waals surface area contributed by atoms with Crippen molar-refractivity contribution in [2.24, 2.45) is 0 Å². The summed E-state index contributed by atoms with van der Waals surface area (Å²) < 4.78 is 15.8. The second kappa shape index (κ2) is 14.7. The molecule has 0 atom stereocenters. The fourth-order valence-corrected chi connectivity index (χ4v) is 8.04. The molecule has 0 fully saturated rings. The van der Waals surface area contributed by atoms with E-state index in [9.17, 15) is 14.4 Å². The van der Waals surface area contributed by atoms with Crippen molar-refractivity contribution >= 4 is 34.8 Å². The molecule has 0 spiro atoms. The Labute approximate surface area is 193 Å². The maximum absolute atomic E-state index is 11.6. The molecule has 0 aromatic rings. The maximum atomic E-state index is 11.6. The van der Waals surface area contributed by atoms with Crippen molar-refractivity contribution < 1.29 is 48.7 Å². The number of hydrogen-bond acceptors (Lipinski definition) is 6. The van der Waals surface area contributed by atoms with Gasteiger partial charge in [0, 0.05) is 34.9 Å². The van der Waals surface area contributed by atoms with Crippen LogP contribution in [0.1, 0.15) is 27.2 Å². The number of rotatable bonds is 8. The van der Waals surface area contributed by atoms with Gasteiger partial charge in [-0.1, -0.05) is 19.2 Å². The van der Waals surface area contributed by atoms with Crippen LogP contribution in [-0.2, 0) is 48.7 Å². The number of allylic oxidation sites excluding steroid dienone is 5. The number of carbonyl (C=O) groups excluding carboxylic acids is 3. The van der Waals surface area contributed by atoms with Crippen LogP contribution in [0.3, 0.4) is 0 Å². The van der Waals surface area contributed by atoms with Crippen LogP contribution in [0.15, 0.2) is 29.5 Å². The fourth-order valence-electron chi connectivity index (χ4n) is 2.85. The minimum absolute atomic E-state index is 0. The van der Waals surface area contributed by atoms with E-state index in [1.54, 1.807) is 0 Å². The van der Waals surface area contributed by atoms with Crippen molar-refractivity contribution in [2.75, 3.05) is 0 Å². The van der Waals surface area contributed by atoms with E-state index in [0.29, 0.717) is 6.42 Å². The van der Waals surface area contributed by atoms with Gasteiger partial charge < -0.3 is 35.6 Å². The average molecular weight is 622 g/mol. The van der Waals surface area contributed by atoms with Gasteiger partial charge in [-0.2, -0.15) is 11.6 Å². The maximum Gasteiger partial charge on any atom is 4.00 e. The largest absolute Gasteiger partial charge is 4.00 e. The molecule has 0 aromatic heterocycles. The topological polar surface area (TPSA) is 78.9 Å². The first-order valence-corrected chi connectivity index (χ1v) is 13.2. The molecule has 0 aromatic carbocycles. The smallest absolute Gasteiger partial charge is 0.456 e. The Balaban J connectivity index is -0.000000781. The molecule has 29 heavy (non-hydrogen) atoms. The van der Waals surface area contributed by atoms with Crippen molar-refractivity contribution in [3.05, 3.63) is 57.9 Å². The molecule has 0 bridgehead atoms. The first-order valence-electron chi connectivity index (χ1n) is 8.01. The standard InChI is InChI=1S/C17H25O6Si2.3CH3.Pt/c1-7-11-24(5,6)17-10-8-9-16(17)12-25(21-13(2)18,22-14(3)19)23-15(4)20;;;;/h7,9H,1,8,11-12H2,2-6H3;3*1H3;/q4*-1;+4. The summed E-state index contributed by atoms with van der Waals surface area (Å²) in [5.74, 6) is -1.99. The minimum Gasteiger partial charge on any atom is -0.456 e. The van der Waals surface area contributed by atoms with E-state index < -0.39 is 34.8 Å². The van der Waals surface area contributed by atoms with Crippen molar-refractivity contribution in [2.45, 2.75) is 52.4 Å². The molecule has 9 heteroatoms. The zero-order chi connectivity index (χ0) is 19.3. The molecular weight excluding hydrogens is 587 g/mol. The van der Waals surface area contributed by atoms with Crippen LogP contribution in [-0.4, -0.2) is 34.8 Å². The summed E-state index contributed by atoms with van der Waals surface area (Å²) in [4.78, 5) is 34.7. The molecule has 1 rings (SSSR count). The van der Waals surface area contributed by atoms with Crippen molar-refractivity contribution in [3.8, 4) is 0 Å². The van der Waals surface area contributed by atoms with Crippen LogP contribution in [0, 0.1) is 28.4 Å². The van der Waals surface area contributed by atoms with Gasteiger partial charge in [0.25, 0.3) is 17.9 Å². The molecule has 0 heterocycles. The summed E-state index contributed by atoms with van der Waals surface area (Å²) >= 11 is 0. The van der Waals surface area contributed by atoms with E-state index in [-0.39, 0.29) is 49.4 Å². The van der Waals surface area contributed by atoms with Crippen molar-refractivity contribution in [1.82, 2.24) is 0 Å². The third-order valence-electron chi connectivity index (χ3n) is 3.58. The van der Waals surface area contributed by atoms with Crippen LogP contribution in [0.4, 0.5) is 0 Å². The van der Waals surface area contributed by atoms with Crippen molar-refractivity contribution in [1.29, 1.82) is 0 Å². The molecule has 0 aliphatic heterocycles. The Hall–Kier alpha value is -1.25.